The zero-order valence-corrected chi connectivity index (χ0v) is 15.7. The highest BCUT2D eigenvalue weighted by molar-refractivity contribution is 5.56. The normalized spacial score (nSPS) is 15.4. The quantitative estimate of drug-likeness (QED) is 0.703. The fourth-order valence-electron chi connectivity index (χ4n) is 3.28. The van der Waals surface area contributed by atoms with E-state index in [1.54, 1.807) is 0 Å². The van der Waals surface area contributed by atoms with Crippen LogP contribution in [-0.2, 0) is 6.42 Å². The van der Waals surface area contributed by atoms with E-state index in [1.807, 2.05) is 24.5 Å². The van der Waals surface area contributed by atoms with Gasteiger partial charge < -0.3 is 15.5 Å². The van der Waals surface area contributed by atoms with Crippen LogP contribution in [0, 0.1) is 0 Å². The molecule has 2 N–H and O–H groups in total. The number of rotatable bonds is 6. The second kappa shape index (κ2) is 7.72. The summed E-state index contributed by atoms with van der Waals surface area (Å²) in [7, 11) is 4.18. The SMILES string of the molecule is CN(C)CCc1ccc(Nc2nccc(C3CNc4ncccc43)n2)cc1. The van der Waals surface area contributed by atoms with E-state index in [9.17, 15) is 0 Å². The molecule has 27 heavy (non-hydrogen) atoms. The third-order valence-electron chi connectivity index (χ3n) is 4.78. The van der Waals surface area contributed by atoms with Crippen LogP contribution in [0.25, 0.3) is 0 Å². The number of aromatic nitrogens is 3. The minimum Gasteiger partial charge on any atom is -0.369 e. The molecule has 3 aromatic rings. The van der Waals surface area contributed by atoms with Crippen molar-refractivity contribution in [2.24, 2.45) is 0 Å². The van der Waals surface area contributed by atoms with Gasteiger partial charge in [0.15, 0.2) is 0 Å². The molecule has 1 aliphatic heterocycles. The third-order valence-corrected chi connectivity index (χ3v) is 4.78. The van der Waals surface area contributed by atoms with Crippen molar-refractivity contribution < 1.29 is 0 Å². The lowest BCUT2D eigenvalue weighted by Crippen LogP contribution is -2.14. The van der Waals surface area contributed by atoms with Gasteiger partial charge in [0.1, 0.15) is 5.82 Å². The molecule has 6 nitrogen and oxygen atoms in total. The van der Waals surface area contributed by atoms with Crippen LogP contribution in [0.4, 0.5) is 17.5 Å². The first kappa shape index (κ1) is 17.4. The molecule has 0 spiro atoms. The van der Waals surface area contributed by atoms with E-state index in [0.717, 1.165) is 36.7 Å². The van der Waals surface area contributed by atoms with E-state index in [0.29, 0.717) is 5.95 Å². The Kier molecular flexibility index (Phi) is 4.98. The van der Waals surface area contributed by atoms with Gasteiger partial charge in [0.25, 0.3) is 0 Å². The van der Waals surface area contributed by atoms with E-state index in [4.69, 9.17) is 4.98 Å². The van der Waals surface area contributed by atoms with E-state index in [2.05, 4.69) is 69.9 Å². The first-order valence-electron chi connectivity index (χ1n) is 9.21. The van der Waals surface area contributed by atoms with Crippen LogP contribution < -0.4 is 10.6 Å². The Morgan fingerprint density at radius 2 is 1.93 bits per heavy atom. The van der Waals surface area contributed by atoms with Crippen molar-refractivity contribution in [1.29, 1.82) is 0 Å². The van der Waals surface area contributed by atoms with Crippen LogP contribution in [0.5, 0.6) is 0 Å². The van der Waals surface area contributed by atoms with Crippen LogP contribution in [0.2, 0.25) is 0 Å². The highest BCUT2D eigenvalue weighted by atomic mass is 15.1. The molecule has 6 heteroatoms. The highest BCUT2D eigenvalue weighted by Gasteiger charge is 2.25. The maximum absolute atomic E-state index is 4.73. The highest BCUT2D eigenvalue weighted by Crippen LogP contribution is 2.33. The van der Waals surface area contributed by atoms with Crippen molar-refractivity contribution in [2.75, 3.05) is 37.8 Å². The number of benzene rings is 1. The number of hydrogen-bond donors (Lipinski definition) is 2. The first-order valence-corrected chi connectivity index (χ1v) is 9.21. The molecule has 0 radical (unpaired) electrons. The van der Waals surface area contributed by atoms with Crippen LogP contribution >= 0.6 is 0 Å². The molecule has 0 aliphatic carbocycles. The van der Waals surface area contributed by atoms with Crippen molar-refractivity contribution in [2.45, 2.75) is 12.3 Å². The average molecular weight is 360 g/mol. The predicted octanol–water partition coefficient (Wildman–Crippen LogP) is 3.28. The largest absolute Gasteiger partial charge is 0.369 e. The summed E-state index contributed by atoms with van der Waals surface area (Å²) >= 11 is 0. The molecule has 1 unspecified atom stereocenters. The number of likely N-dealkylation sites (N-methyl/N-ethyl adjacent to an activating group) is 1. The number of nitrogens with zero attached hydrogens (tertiary/aromatic N) is 4. The Labute approximate surface area is 159 Å². The Morgan fingerprint density at radius 1 is 1.07 bits per heavy atom. The fourth-order valence-corrected chi connectivity index (χ4v) is 3.28. The van der Waals surface area contributed by atoms with Crippen molar-refractivity contribution in [1.82, 2.24) is 19.9 Å². The summed E-state index contributed by atoms with van der Waals surface area (Å²) in [4.78, 5) is 15.7. The molecule has 0 saturated heterocycles. The number of nitrogens with one attached hydrogen (secondary N) is 2. The molecule has 1 aromatic carbocycles. The summed E-state index contributed by atoms with van der Waals surface area (Å²) in [5.41, 5.74) is 4.50. The Bertz CT molecular complexity index is 907. The van der Waals surface area contributed by atoms with Gasteiger partial charge in [0.05, 0.1) is 5.69 Å². The van der Waals surface area contributed by atoms with Gasteiger partial charge in [-0.1, -0.05) is 18.2 Å². The van der Waals surface area contributed by atoms with Crippen molar-refractivity contribution in [3.05, 3.63) is 71.7 Å². The monoisotopic (exact) mass is 360 g/mol. The van der Waals surface area contributed by atoms with E-state index in [1.165, 1.54) is 11.1 Å². The smallest absolute Gasteiger partial charge is 0.227 e. The second-order valence-corrected chi connectivity index (χ2v) is 7.06. The van der Waals surface area contributed by atoms with Crippen molar-refractivity contribution in [3.8, 4) is 0 Å². The van der Waals surface area contributed by atoms with Gasteiger partial charge >= 0.3 is 0 Å². The standard InChI is InChI=1S/C21H24N6/c1-27(2)13-10-15-5-7-16(8-6-15)25-21-23-12-9-19(26-21)18-14-24-20-17(18)4-3-11-22-20/h3-9,11-12,18H,10,13-14H2,1-2H3,(H,22,24)(H,23,25,26). The molecule has 0 fully saturated rings. The van der Waals surface area contributed by atoms with Crippen molar-refractivity contribution in [3.63, 3.8) is 0 Å². The zero-order valence-electron chi connectivity index (χ0n) is 15.7. The van der Waals surface area contributed by atoms with Gasteiger partial charge in [0, 0.05) is 42.7 Å². The summed E-state index contributed by atoms with van der Waals surface area (Å²) in [6, 6.07) is 14.5. The number of pyridine rings is 1. The maximum Gasteiger partial charge on any atom is 0.227 e. The van der Waals surface area contributed by atoms with E-state index < -0.39 is 0 Å². The molecule has 0 saturated carbocycles. The Hall–Kier alpha value is -2.99. The van der Waals surface area contributed by atoms with E-state index >= 15 is 0 Å². The lowest BCUT2D eigenvalue weighted by molar-refractivity contribution is 0.413. The number of fused-ring (bicyclic) bond motifs is 1. The van der Waals surface area contributed by atoms with Gasteiger partial charge in [-0.15, -0.1) is 0 Å². The van der Waals surface area contributed by atoms with Gasteiger partial charge in [-0.25, -0.2) is 15.0 Å². The minimum atomic E-state index is 0.200. The molecule has 0 amide bonds. The number of anilines is 3. The van der Waals surface area contributed by atoms with Crippen LogP contribution in [-0.4, -0.2) is 47.0 Å². The van der Waals surface area contributed by atoms with Crippen LogP contribution in [0.1, 0.15) is 22.7 Å². The molecule has 1 atom stereocenters. The molecule has 2 aromatic heterocycles. The minimum absolute atomic E-state index is 0.200. The molecule has 3 heterocycles. The molecule has 1 aliphatic rings. The lowest BCUT2D eigenvalue weighted by Gasteiger charge is -2.12. The second-order valence-electron chi connectivity index (χ2n) is 7.06. The summed E-state index contributed by atoms with van der Waals surface area (Å²) in [5.74, 6) is 1.76. The fraction of sp³-hybridized carbons (Fsp3) is 0.286. The summed E-state index contributed by atoms with van der Waals surface area (Å²) in [6.45, 7) is 1.85. The number of hydrogen-bond acceptors (Lipinski definition) is 6. The summed E-state index contributed by atoms with van der Waals surface area (Å²) in [5, 5.41) is 6.66. The maximum atomic E-state index is 4.73. The van der Waals surface area contributed by atoms with Gasteiger partial charge in [-0.05, 0) is 50.3 Å². The summed E-state index contributed by atoms with van der Waals surface area (Å²) in [6.07, 6.45) is 4.66. The summed E-state index contributed by atoms with van der Waals surface area (Å²) < 4.78 is 0. The zero-order chi connectivity index (χ0) is 18.6. The molecule has 0 bridgehead atoms. The molecule has 138 valence electrons. The van der Waals surface area contributed by atoms with Gasteiger partial charge in [0.2, 0.25) is 5.95 Å². The predicted molar refractivity (Wildman–Crippen MR) is 109 cm³/mol. The molecular formula is C21H24N6. The third kappa shape index (κ3) is 4.06. The average Bonchev–Trinajstić information content (AvgIpc) is 3.12. The topological polar surface area (TPSA) is 66.0 Å². The molecular weight excluding hydrogens is 336 g/mol. The lowest BCUT2D eigenvalue weighted by atomic mass is 9.99. The van der Waals surface area contributed by atoms with Crippen LogP contribution in [0.15, 0.2) is 54.9 Å². The van der Waals surface area contributed by atoms with Crippen molar-refractivity contribution >= 4 is 17.5 Å². The Morgan fingerprint density at radius 3 is 2.74 bits per heavy atom. The van der Waals surface area contributed by atoms with Crippen LogP contribution in [0.3, 0.4) is 0 Å². The molecule has 4 rings (SSSR count). The van der Waals surface area contributed by atoms with Gasteiger partial charge in [-0.2, -0.15) is 0 Å². The van der Waals surface area contributed by atoms with Gasteiger partial charge in [-0.3, -0.25) is 0 Å². The van der Waals surface area contributed by atoms with E-state index in [-0.39, 0.29) is 5.92 Å². The first-order chi connectivity index (χ1) is 13.2. The Balaban J connectivity index is 1.47.